The van der Waals surface area contributed by atoms with E-state index in [0.29, 0.717) is 6.42 Å². The summed E-state index contributed by atoms with van der Waals surface area (Å²) in [5.41, 5.74) is 0. The van der Waals surface area contributed by atoms with Gasteiger partial charge >= 0.3 is 5.97 Å². The van der Waals surface area contributed by atoms with E-state index >= 15 is 0 Å². The van der Waals surface area contributed by atoms with Crippen molar-refractivity contribution in [2.75, 3.05) is 25.4 Å². The van der Waals surface area contributed by atoms with Crippen LogP contribution in [0, 0.1) is 0 Å². The molecule has 0 aliphatic rings. The summed E-state index contributed by atoms with van der Waals surface area (Å²) in [6.07, 6.45) is 0.206. The van der Waals surface area contributed by atoms with Crippen molar-refractivity contribution in [3.8, 4) is 0 Å². The minimum atomic E-state index is -3.55. The molecular formula is C11H22N2O6S. The predicted molar refractivity (Wildman–Crippen MR) is 72.8 cm³/mol. The molecule has 0 aromatic rings. The molecule has 0 saturated heterocycles. The first kappa shape index (κ1) is 18.8. The van der Waals surface area contributed by atoms with Crippen LogP contribution in [-0.4, -0.2) is 57.0 Å². The zero-order chi connectivity index (χ0) is 15.6. The number of carboxylic acids is 1. The molecule has 0 aromatic heterocycles. The van der Waals surface area contributed by atoms with Crippen LogP contribution in [0.25, 0.3) is 0 Å². The number of ether oxygens (including phenoxy) is 1. The van der Waals surface area contributed by atoms with Gasteiger partial charge in [-0.1, -0.05) is 0 Å². The highest BCUT2D eigenvalue weighted by Crippen LogP contribution is 1.91. The van der Waals surface area contributed by atoms with E-state index in [2.05, 4.69) is 10.0 Å². The van der Waals surface area contributed by atoms with E-state index < -0.39 is 21.9 Å². The van der Waals surface area contributed by atoms with Crippen molar-refractivity contribution in [1.82, 2.24) is 10.0 Å². The van der Waals surface area contributed by atoms with Gasteiger partial charge in [0.15, 0.2) is 0 Å². The molecule has 0 atom stereocenters. The van der Waals surface area contributed by atoms with E-state index in [4.69, 9.17) is 9.84 Å². The highest BCUT2D eigenvalue weighted by Gasteiger charge is 2.12. The number of carboxylic acid groups (broad SMARTS) is 1. The number of hydrogen-bond acceptors (Lipinski definition) is 5. The molecule has 118 valence electrons. The zero-order valence-electron chi connectivity index (χ0n) is 11.7. The molecule has 20 heavy (non-hydrogen) atoms. The van der Waals surface area contributed by atoms with E-state index in [1.165, 1.54) is 0 Å². The van der Waals surface area contributed by atoms with Gasteiger partial charge in [0, 0.05) is 13.0 Å². The zero-order valence-corrected chi connectivity index (χ0v) is 12.5. The summed E-state index contributed by atoms with van der Waals surface area (Å²) in [5, 5.41) is 10.8. The molecule has 0 unspecified atom stereocenters. The van der Waals surface area contributed by atoms with Crippen LogP contribution in [0.15, 0.2) is 0 Å². The SMILES string of the molecule is CC(C)OCCS(=O)(=O)NCC(=O)NCCCC(=O)O. The van der Waals surface area contributed by atoms with Crippen LogP contribution in [0.1, 0.15) is 26.7 Å². The standard InChI is InChI=1S/C11H22N2O6S/c1-9(2)19-6-7-20(17,18)13-8-10(14)12-5-3-4-11(15)16/h9,13H,3-8H2,1-2H3,(H,12,14)(H,15,16). The third-order valence-electron chi connectivity index (χ3n) is 2.15. The highest BCUT2D eigenvalue weighted by molar-refractivity contribution is 7.89. The Kier molecular flexibility index (Phi) is 9.10. The van der Waals surface area contributed by atoms with E-state index in [0.717, 1.165) is 0 Å². The van der Waals surface area contributed by atoms with Gasteiger partial charge in [-0.2, -0.15) is 0 Å². The molecule has 0 aliphatic heterocycles. The maximum atomic E-state index is 11.5. The first-order valence-electron chi connectivity index (χ1n) is 6.30. The van der Waals surface area contributed by atoms with Crippen molar-refractivity contribution in [3.63, 3.8) is 0 Å². The van der Waals surface area contributed by atoms with Crippen molar-refractivity contribution in [3.05, 3.63) is 0 Å². The van der Waals surface area contributed by atoms with Crippen LogP contribution in [0.4, 0.5) is 0 Å². The number of amides is 1. The number of carbonyl (C=O) groups is 2. The number of rotatable bonds is 11. The fraction of sp³-hybridized carbons (Fsp3) is 0.818. The van der Waals surface area contributed by atoms with Gasteiger partial charge < -0.3 is 15.2 Å². The fourth-order valence-corrected chi connectivity index (χ4v) is 1.98. The summed E-state index contributed by atoms with van der Waals surface area (Å²) in [5.74, 6) is -1.65. The molecule has 0 spiro atoms. The summed E-state index contributed by atoms with van der Waals surface area (Å²) in [7, 11) is -3.55. The lowest BCUT2D eigenvalue weighted by molar-refractivity contribution is -0.137. The Labute approximate surface area is 118 Å². The van der Waals surface area contributed by atoms with Crippen molar-refractivity contribution < 1.29 is 27.9 Å². The number of nitrogens with one attached hydrogen (secondary N) is 2. The lowest BCUT2D eigenvalue weighted by Gasteiger charge is -2.09. The molecule has 0 rings (SSSR count). The fourth-order valence-electron chi connectivity index (χ4n) is 1.17. The lowest BCUT2D eigenvalue weighted by Crippen LogP contribution is -2.39. The minimum Gasteiger partial charge on any atom is -0.481 e. The molecule has 9 heteroatoms. The smallest absolute Gasteiger partial charge is 0.303 e. The van der Waals surface area contributed by atoms with Crippen LogP contribution in [-0.2, 0) is 24.3 Å². The van der Waals surface area contributed by atoms with Crippen LogP contribution in [0.5, 0.6) is 0 Å². The Hall–Kier alpha value is -1.19. The Morgan fingerprint density at radius 2 is 1.95 bits per heavy atom. The average molecular weight is 310 g/mol. The van der Waals surface area contributed by atoms with Gasteiger partial charge in [0.05, 0.1) is 25.0 Å². The van der Waals surface area contributed by atoms with Crippen molar-refractivity contribution >= 4 is 21.9 Å². The van der Waals surface area contributed by atoms with Gasteiger partial charge in [0.2, 0.25) is 15.9 Å². The summed E-state index contributed by atoms with van der Waals surface area (Å²) >= 11 is 0. The van der Waals surface area contributed by atoms with Crippen LogP contribution in [0.3, 0.4) is 0 Å². The second-order valence-corrected chi connectivity index (χ2v) is 6.33. The largest absolute Gasteiger partial charge is 0.481 e. The van der Waals surface area contributed by atoms with Crippen LogP contribution >= 0.6 is 0 Å². The van der Waals surface area contributed by atoms with Crippen molar-refractivity contribution in [2.45, 2.75) is 32.8 Å². The van der Waals surface area contributed by atoms with Gasteiger partial charge in [-0.05, 0) is 20.3 Å². The highest BCUT2D eigenvalue weighted by atomic mass is 32.2. The van der Waals surface area contributed by atoms with Crippen molar-refractivity contribution in [2.24, 2.45) is 0 Å². The summed E-state index contributed by atoms with van der Waals surface area (Å²) < 4.78 is 30.2. The van der Waals surface area contributed by atoms with E-state index in [1.54, 1.807) is 13.8 Å². The van der Waals surface area contributed by atoms with E-state index in [9.17, 15) is 18.0 Å². The summed E-state index contributed by atoms with van der Waals surface area (Å²) in [6, 6.07) is 0. The second-order valence-electron chi connectivity index (χ2n) is 4.41. The molecule has 0 radical (unpaired) electrons. The van der Waals surface area contributed by atoms with Crippen LogP contribution in [0.2, 0.25) is 0 Å². The monoisotopic (exact) mass is 310 g/mol. The maximum absolute atomic E-state index is 11.5. The molecule has 3 N–H and O–H groups in total. The predicted octanol–water partition coefficient (Wildman–Crippen LogP) is -0.688. The quantitative estimate of drug-likeness (QED) is 0.434. The van der Waals surface area contributed by atoms with Crippen LogP contribution < -0.4 is 10.0 Å². The van der Waals surface area contributed by atoms with Gasteiger partial charge in [-0.15, -0.1) is 0 Å². The van der Waals surface area contributed by atoms with Crippen molar-refractivity contribution in [1.29, 1.82) is 0 Å². The molecule has 0 aromatic carbocycles. The molecule has 0 bridgehead atoms. The summed E-state index contributed by atoms with van der Waals surface area (Å²) in [4.78, 5) is 21.5. The topological polar surface area (TPSA) is 122 Å². The Morgan fingerprint density at radius 3 is 2.50 bits per heavy atom. The maximum Gasteiger partial charge on any atom is 0.303 e. The molecule has 1 amide bonds. The minimum absolute atomic E-state index is 0.0431. The number of carbonyl (C=O) groups excluding carboxylic acids is 1. The third kappa shape index (κ3) is 11.9. The number of hydrogen-bond donors (Lipinski definition) is 3. The Balaban J connectivity index is 3.78. The number of sulfonamides is 1. The molecule has 8 nitrogen and oxygen atoms in total. The molecule has 0 aliphatic carbocycles. The average Bonchev–Trinajstić information content (AvgIpc) is 2.31. The number of aliphatic carboxylic acids is 1. The Bertz CT molecular complexity index is 407. The van der Waals surface area contributed by atoms with Gasteiger partial charge in [0.1, 0.15) is 0 Å². The van der Waals surface area contributed by atoms with E-state index in [1.807, 2.05) is 0 Å². The first-order chi connectivity index (χ1) is 9.23. The summed E-state index contributed by atoms with van der Waals surface area (Å²) in [6.45, 7) is 3.49. The molecule has 0 saturated carbocycles. The molecule has 0 heterocycles. The van der Waals surface area contributed by atoms with E-state index in [-0.39, 0.29) is 38.0 Å². The van der Waals surface area contributed by atoms with Gasteiger partial charge in [0.25, 0.3) is 0 Å². The lowest BCUT2D eigenvalue weighted by atomic mass is 10.3. The van der Waals surface area contributed by atoms with Gasteiger partial charge in [-0.25, -0.2) is 13.1 Å². The third-order valence-corrected chi connectivity index (χ3v) is 3.43. The molecule has 0 fully saturated rings. The molecular weight excluding hydrogens is 288 g/mol. The van der Waals surface area contributed by atoms with Gasteiger partial charge in [-0.3, -0.25) is 9.59 Å². The Morgan fingerprint density at radius 1 is 1.30 bits per heavy atom. The normalized spacial score (nSPS) is 11.6. The second kappa shape index (κ2) is 9.67. The first-order valence-corrected chi connectivity index (χ1v) is 7.95.